The summed E-state index contributed by atoms with van der Waals surface area (Å²) in [6.45, 7) is 0. The number of thiophene rings is 1. The smallest absolute Gasteiger partial charge is 0.335 e. The lowest BCUT2D eigenvalue weighted by atomic mass is 10.2. The van der Waals surface area contributed by atoms with Gasteiger partial charge in [-0.1, -0.05) is 24.3 Å². The molecule has 0 radical (unpaired) electrons. The van der Waals surface area contributed by atoms with Crippen LogP contribution in [-0.4, -0.2) is 30.8 Å². The van der Waals surface area contributed by atoms with E-state index < -0.39 is 5.97 Å². The Balaban J connectivity index is 1.36. The molecule has 0 spiro atoms. The quantitative estimate of drug-likeness (QED) is 0.233. The molecule has 3 aromatic carbocycles. The zero-order chi connectivity index (χ0) is 24.5. The van der Waals surface area contributed by atoms with Crippen LogP contribution in [-0.2, 0) is 0 Å². The number of benzene rings is 3. The Morgan fingerprint density at radius 3 is 2.47 bits per heavy atom. The Morgan fingerprint density at radius 2 is 1.72 bits per heavy atom. The minimum atomic E-state index is -0.959. The minimum Gasteiger partial charge on any atom is -0.478 e. The first-order valence-corrected chi connectivity index (χ1v) is 13.3. The molecule has 36 heavy (non-hydrogen) atoms. The molecule has 0 saturated heterocycles. The molecule has 0 atom stereocenters. The summed E-state index contributed by atoms with van der Waals surface area (Å²) in [5.41, 5.74) is 1.88. The van der Waals surface area contributed by atoms with Gasteiger partial charge in [0.25, 0.3) is 0 Å². The van der Waals surface area contributed by atoms with Gasteiger partial charge in [-0.2, -0.15) is 0 Å². The van der Waals surface area contributed by atoms with Crippen molar-refractivity contribution in [2.45, 2.75) is 9.50 Å². The zero-order valence-electron chi connectivity index (χ0n) is 18.4. The van der Waals surface area contributed by atoms with Crippen molar-refractivity contribution in [3.63, 3.8) is 0 Å². The first-order valence-electron chi connectivity index (χ1n) is 10.8. The van der Waals surface area contributed by atoms with E-state index in [1.54, 1.807) is 29.5 Å². The highest BCUT2D eigenvalue weighted by Gasteiger charge is 2.19. The summed E-state index contributed by atoms with van der Waals surface area (Å²) < 4.78 is 9.51. The van der Waals surface area contributed by atoms with Crippen LogP contribution in [0.5, 0.6) is 11.5 Å². The lowest BCUT2D eigenvalue weighted by molar-refractivity contribution is 0.0697. The Hall–Kier alpha value is -3.99. The van der Waals surface area contributed by atoms with Crippen LogP contribution in [0.15, 0.2) is 99.8 Å². The second-order valence-electron chi connectivity index (χ2n) is 7.60. The van der Waals surface area contributed by atoms with Crippen LogP contribution in [0.25, 0.3) is 26.6 Å². The van der Waals surface area contributed by atoms with E-state index in [2.05, 4.69) is 15.2 Å². The molecule has 0 bridgehead atoms. The highest BCUT2D eigenvalue weighted by Crippen LogP contribution is 2.37. The maximum atomic E-state index is 11.3. The van der Waals surface area contributed by atoms with Crippen molar-refractivity contribution in [2.75, 3.05) is 0 Å². The maximum Gasteiger partial charge on any atom is 0.335 e. The SMILES string of the molecule is O=C(O)c1ccc2nc(Sc3nnc(-c4cccs4)n3-c3ccc(Oc4ccccc4)cc3)sc2c1. The Bertz CT molecular complexity index is 1660. The molecule has 6 aromatic rings. The van der Waals surface area contributed by atoms with Gasteiger partial charge < -0.3 is 9.84 Å². The minimum absolute atomic E-state index is 0.239. The fraction of sp³-hybridized carbons (Fsp3) is 0. The fourth-order valence-electron chi connectivity index (χ4n) is 3.58. The lowest BCUT2D eigenvalue weighted by Crippen LogP contribution is -1.99. The van der Waals surface area contributed by atoms with Crippen molar-refractivity contribution in [1.29, 1.82) is 0 Å². The van der Waals surface area contributed by atoms with Gasteiger partial charge in [0.15, 0.2) is 10.2 Å². The lowest BCUT2D eigenvalue weighted by Gasteiger charge is -2.10. The van der Waals surface area contributed by atoms with Crippen LogP contribution in [0.2, 0.25) is 0 Å². The molecule has 3 aromatic heterocycles. The first-order chi connectivity index (χ1) is 17.6. The number of thiazole rings is 1. The number of ether oxygens (including phenoxy) is 1. The summed E-state index contributed by atoms with van der Waals surface area (Å²) in [5.74, 6) is 1.27. The van der Waals surface area contributed by atoms with E-state index in [-0.39, 0.29) is 5.56 Å². The van der Waals surface area contributed by atoms with Crippen molar-refractivity contribution in [3.8, 4) is 27.9 Å². The van der Waals surface area contributed by atoms with Crippen LogP contribution < -0.4 is 4.74 Å². The molecule has 0 aliphatic carbocycles. The van der Waals surface area contributed by atoms with Gasteiger partial charge in [-0.25, -0.2) is 9.78 Å². The summed E-state index contributed by atoms with van der Waals surface area (Å²) in [4.78, 5) is 17.0. The molecular formula is C26H16N4O3S3. The van der Waals surface area contributed by atoms with E-state index in [0.29, 0.717) is 5.16 Å². The number of carboxylic acid groups (broad SMARTS) is 1. The standard InChI is InChI=1S/C26H16N4O3S3/c31-24(32)16-8-13-20-22(15-16)35-26(27-20)36-25-29-28-23(21-7-4-14-34-21)30(25)17-9-11-19(12-10-17)33-18-5-2-1-3-6-18/h1-15H,(H,31,32). The normalized spacial score (nSPS) is 11.1. The van der Waals surface area contributed by atoms with Crippen LogP contribution in [0, 0.1) is 0 Å². The molecule has 0 aliphatic heterocycles. The molecule has 176 valence electrons. The number of aromatic carboxylic acids is 1. The van der Waals surface area contributed by atoms with Gasteiger partial charge >= 0.3 is 5.97 Å². The fourth-order valence-corrected chi connectivity index (χ4v) is 6.34. The third-order valence-electron chi connectivity index (χ3n) is 5.24. The molecule has 0 aliphatic rings. The highest BCUT2D eigenvalue weighted by molar-refractivity contribution is 8.01. The van der Waals surface area contributed by atoms with Crippen LogP contribution in [0.3, 0.4) is 0 Å². The second-order valence-corrected chi connectivity index (χ2v) is 10.8. The third-order valence-corrected chi connectivity index (χ3v) is 8.13. The van der Waals surface area contributed by atoms with Crippen molar-refractivity contribution < 1.29 is 14.6 Å². The number of fused-ring (bicyclic) bond motifs is 1. The number of carbonyl (C=O) groups is 1. The second kappa shape index (κ2) is 9.57. The summed E-state index contributed by atoms with van der Waals surface area (Å²) in [6, 6.07) is 26.3. The topological polar surface area (TPSA) is 90.1 Å². The molecule has 1 N–H and O–H groups in total. The van der Waals surface area contributed by atoms with Gasteiger partial charge in [0, 0.05) is 0 Å². The van der Waals surface area contributed by atoms with E-state index in [9.17, 15) is 9.90 Å². The van der Waals surface area contributed by atoms with Crippen molar-refractivity contribution >= 4 is 50.6 Å². The van der Waals surface area contributed by atoms with Crippen molar-refractivity contribution in [2.24, 2.45) is 0 Å². The first kappa shape index (κ1) is 22.5. The average molecular weight is 529 g/mol. The van der Waals surface area contributed by atoms with Crippen molar-refractivity contribution in [3.05, 3.63) is 95.9 Å². The van der Waals surface area contributed by atoms with Gasteiger partial charge in [0.05, 0.1) is 26.3 Å². The third kappa shape index (κ3) is 4.49. The number of hydrogen-bond acceptors (Lipinski definition) is 8. The van der Waals surface area contributed by atoms with Gasteiger partial charge in [-0.15, -0.1) is 32.9 Å². The van der Waals surface area contributed by atoms with Gasteiger partial charge in [-0.3, -0.25) is 4.57 Å². The van der Waals surface area contributed by atoms with E-state index in [0.717, 1.165) is 42.4 Å². The maximum absolute atomic E-state index is 11.3. The van der Waals surface area contributed by atoms with Crippen LogP contribution in [0.4, 0.5) is 0 Å². The number of para-hydroxylation sites is 1. The number of aromatic nitrogens is 4. The van der Waals surface area contributed by atoms with E-state index in [1.807, 2.05) is 76.7 Å². The zero-order valence-corrected chi connectivity index (χ0v) is 20.9. The monoisotopic (exact) mass is 528 g/mol. The van der Waals surface area contributed by atoms with Crippen LogP contribution in [0.1, 0.15) is 10.4 Å². The van der Waals surface area contributed by atoms with E-state index in [1.165, 1.54) is 23.1 Å². The van der Waals surface area contributed by atoms with Gasteiger partial charge in [-0.05, 0) is 77.8 Å². The Labute approximate surface area is 217 Å². The summed E-state index contributed by atoms with van der Waals surface area (Å²) in [7, 11) is 0. The molecule has 0 amide bonds. The summed E-state index contributed by atoms with van der Waals surface area (Å²) in [5, 5.41) is 20.9. The van der Waals surface area contributed by atoms with E-state index in [4.69, 9.17) is 4.74 Å². The summed E-state index contributed by atoms with van der Waals surface area (Å²) >= 11 is 4.42. The number of nitrogens with zero attached hydrogens (tertiary/aromatic N) is 4. The average Bonchev–Trinajstić information content (AvgIpc) is 3.64. The highest BCUT2D eigenvalue weighted by atomic mass is 32.2. The van der Waals surface area contributed by atoms with Crippen molar-refractivity contribution in [1.82, 2.24) is 19.7 Å². The molecule has 0 unspecified atom stereocenters. The number of carboxylic acids is 1. The molecule has 0 saturated carbocycles. The number of hydrogen-bond donors (Lipinski definition) is 1. The predicted octanol–water partition coefficient (Wildman–Crippen LogP) is 7.25. The largest absolute Gasteiger partial charge is 0.478 e. The molecular weight excluding hydrogens is 513 g/mol. The van der Waals surface area contributed by atoms with Gasteiger partial charge in [0.2, 0.25) is 5.16 Å². The summed E-state index contributed by atoms with van der Waals surface area (Å²) in [6.07, 6.45) is 0. The number of rotatable bonds is 7. The predicted molar refractivity (Wildman–Crippen MR) is 142 cm³/mol. The Morgan fingerprint density at radius 1 is 0.917 bits per heavy atom. The molecule has 6 rings (SSSR count). The molecule has 10 heteroatoms. The molecule has 0 fully saturated rings. The van der Waals surface area contributed by atoms with E-state index >= 15 is 0 Å². The Kier molecular flexibility index (Phi) is 5.98. The molecule has 7 nitrogen and oxygen atoms in total. The molecule has 3 heterocycles. The van der Waals surface area contributed by atoms with Crippen LogP contribution >= 0.6 is 34.4 Å². The van der Waals surface area contributed by atoms with Gasteiger partial charge in [0.1, 0.15) is 11.5 Å².